The Bertz CT molecular complexity index is 588. The fraction of sp³-hybridized carbons (Fsp3) is 0.273. The van der Waals surface area contributed by atoms with Gasteiger partial charge in [0.1, 0.15) is 0 Å². The molecule has 1 aliphatic carbocycles. The van der Waals surface area contributed by atoms with E-state index in [1.165, 1.54) is 0 Å². The first-order valence-electron chi connectivity index (χ1n) is 5.16. The maximum absolute atomic E-state index is 11.7. The van der Waals surface area contributed by atoms with Gasteiger partial charge < -0.3 is 4.74 Å². The Balaban J connectivity index is 2.04. The van der Waals surface area contributed by atoms with Crippen LogP contribution in [-0.4, -0.2) is 22.1 Å². The predicted molar refractivity (Wildman–Crippen MR) is 67.0 cm³/mol. The summed E-state index contributed by atoms with van der Waals surface area (Å²) >= 11 is 9.51. The standard InChI is InChI=1S/C11H8BrClN2O2/c1-2-17-11(16)10-14-3-6-8-7(9(8)13)5(12)4-15(6)10/h3-4,8H,2H2,1H3/t8-/m1/s1. The Hall–Kier alpha value is -1.07. The molecule has 0 saturated carbocycles. The topological polar surface area (TPSA) is 44.1 Å². The largest absolute Gasteiger partial charge is 0.460 e. The van der Waals surface area contributed by atoms with Crippen molar-refractivity contribution in [2.24, 2.45) is 0 Å². The van der Waals surface area contributed by atoms with Crippen LogP contribution < -0.4 is 0 Å². The van der Waals surface area contributed by atoms with E-state index >= 15 is 0 Å². The van der Waals surface area contributed by atoms with E-state index in [0.29, 0.717) is 6.61 Å². The van der Waals surface area contributed by atoms with E-state index in [2.05, 4.69) is 20.9 Å². The molecule has 0 spiro atoms. The van der Waals surface area contributed by atoms with Crippen molar-refractivity contribution in [2.45, 2.75) is 12.8 Å². The van der Waals surface area contributed by atoms with E-state index in [1.54, 1.807) is 23.9 Å². The molecule has 1 atom stereocenters. The van der Waals surface area contributed by atoms with E-state index in [-0.39, 0.29) is 11.7 Å². The van der Waals surface area contributed by atoms with Gasteiger partial charge in [0.2, 0.25) is 5.82 Å². The van der Waals surface area contributed by atoms with E-state index in [9.17, 15) is 4.79 Å². The van der Waals surface area contributed by atoms with Crippen molar-refractivity contribution in [1.29, 1.82) is 0 Å². The number of nitrogens with zero attached hydrogens (tertiary/aromatic N) is 2. The number of allylic oxidation sites excluding steroid dienone is 3. The lowest BCUT2D eigenvalue weighted by atomic mass is 10.2. The van der Waals surface area contributed by atoms with Gasteiger partial charge in [0.15, 0.2) is 0 Å². The zero-order valence-corrected chi connectivity index (χ0v) is 11.2. The molecule has 17 heavy (non-hydrogen) atoms. The van der Waals surface area contributed by atoms with Crippen LogP contribution in [-0.2, 0) is 4.74 Å². The Kier molecular flexibility index (Phi) is 2.41. The zero-order chi connectivity index (χ0) is 12.2. The Morgan fingerprint density at radius 1 is 1.71 bits per heavy atom. The molecule has 0 radical (unpaired) electrons. The molecule has 3 rings (SSSR count). The molecule has 0 bridgehead atoms. The van der Waals surface area contributed by atoms with Gasteiger partial charge in [-0.05, 0) is 28.4 Å². The highest BCUT2D eigenvalue weighted by Gasteiger charge is 2.44. The summed E-state index contributed by atoms with van der Waals surface area (Å²) in [5.41, 5.74) is 1.99. The van der Waals surface area contributed by atoms with E-state index in [1.807, 2.05) is 0 Å². The first kappa shape index (κ1) is 11.0. The minimum absolute atomic E-state index is 0.0896. The molecule has 0 saturated heterocycles. The molecule has 0 amide bonds. The molecule has 4 nitrogen and oxygen atoms in total. The average Bonchev–Trinajstić information content (AvgIpc) is 2.80. The molecule has 2 heterocycles. The summed E-state index contributed by atoms with van der Waals surface area (Å²) in [5, 5.41) is 0.808. The van der Waals surface area contributed by atoms with Crippen LogP contribution in [0.25, 0.3) is 6.20 Å². The second-order valence-corrected chi connectivity index (χ2v) is 5.03. The fourth-order valence-corrected chi connectivity index (χ4v) is 3.12. The lowest BCUT2D eigenvalue weighted by Crippen LogP contribution is -2.13. The number of hydrogen-bond acceptors (Lipinski definition) is 3. The SMILES string of the molecule is CCOC(=O)c1ncc2n1C=C(Br)C1=C(Cl)[C@@H]12. The molecular weight excluding hydrogens is 307 g/mol. The Morgan fingerprint density at radius 2 is 2.47 bits per heavy atom. The van der Waals surface area contributed by atoms with Crippen molar-refractivity contribution in [1.82, 2.24) is 9.55 Å². The number of imidazole rings is 1. The highest BCUT2D eigenvalue weighted by molar-refractivity contribution is 9.12. The quantitative estimate of drug-likeness (QED) is 0.788. The summed E-state index contributed by atoms with van der Waals surface area (Å²) in [6.07, 6.45) is 3.47. The van der Waals surface area contributed by atoms with Gasteiger partial charge in [-0.25, -0.2) is 9.78 Å². The van der Waals surface area contributed by atoms with Gasteiger partial charge in [-0.2, -0.15) is 0 Å². The van der Waals surface area contributed by atoms with Crippen LogP contribution in [0.3, 0.4) is 0 Å². The number of rotatable bonds is 2. The van der Waals surface area contributed by atoms with Gasteiger partial charge in [-0.1, -0.05) is 11.6 Å². The summed E-state index contributed by atoms with van der Waals surface area (Å²) in [4.78, 5) is 15.8. The highest BCUT2D eigenvalue weighted by atomic mass is 79.9. The summed E-state index contributed by atoms with van der Waals surface area (Å²) in [7, 11) is 0. The van der Waals surface area contributed by atoms with Crippen LogP contribution in [0.4, 0.5) is 0 Å². The number of carbonyl (C=O) groups excluding carboxylic acids is 1. The Labute approximate surface area is 111 Å². The van der Waals surface area contributed by atoms with Crippen molar-refractivity contribution < 1.29 is 9.53 Å². The van der Waals surface area contributed by atoms with Gasteiger partial charge in [0.05, 0.1) is 24.4 Å². The smallest absolute Gasteiger partial charge is 0.374 e. The van der Waals surface area contributed by atoms with Gasteiger partial charge in [-0.15, -0.1) is 0 Å². The van der Waals surface area contributed by atoms with Crippen LogP contribution in [0.15, 0.2) is 21.3 Å². The summed E-state index contributed by atoms with van der Waals surface area (Å²) in [5.74, 6) is -0.0449. The molecule has 6 heteroatoms. The van der Waals surface area contributed by atoms with Gasteiger partial charge in [0, 0.05) is 15.7 Å². The average molecular weight is 316 g/mol. The maximum atomic E-state index is 11.7. The molecule has 0 unspecified atom stereocenters. The summed E-state index contributed by atoms with van der Waals surface area (Å²) < 4.78 is 7.57. The molecule has 0 N–H and O–H groups in total. The molecule has 1 aromatic rings. The monoisotopic (exact) mass is 314 g/mol. The van der Waals surface area contributed by atoms with Crippen LogP contribution in [0, 0.1) is 0 Å². The molecule has 1 aliphatic heterocycles. The van der Waals surface area contributed by atoms with E-state index in [0.717, 1.165) is 20.8 Å². The molecule has 2 aliphatic rings. The van der Waals surface area contributed by atoms with Crippen molar-refractivity contribution in [3.63, 3.8) is 0 Å². The number of esters is 1. The molecular formula is C11H8BrClN2O2. The van der Waals surface area contributed by atoms with Crippen LogP contribution in [0.1, 0.15) is 29.2 Å². The first-order valence-corrected chi connectivity index (χ1v) is 6.33. The van der Waals surface area contributed by atoms with Crippen LogP contribution in [0.2, 0.25) is 0 Å². The summed E-state index contributed by atoms with van der Waals surface area (Å²) in [6, 6.07) is 0. The third-order valence-electron chi connectivity index (χ3n) is 2.80. The number of aromatic nitrogens is 2. The van der Waals surface area contributed by atoms with Gasteiger partial charge >= 0.3 is 5.97 Å². The molecule has 88 valence electrons. The number of hydrogen-bond donors (Lipinski definition) is 0. The lowest BCUT2D eigenvalue weighted by Gasteiger charge is -2.11. The van der Waals surface area contributed by atoms with Crippen molar-refractivity contribution in [2.75, 3.05) is 6.61 Å². The normalized spacial score (nSPS) is 20.6. The zero-order valence-electron chi connectivity index (χ0n) is 8.91. The third-order valence-corrected chi connectivity index (χ3v) is 3.85. The Morgan fingerprint density at radius 3 is 3.18 bits per heavy atom. The minimum atomic E-state index is -0.421. The number of carbonyl (C=O) groups is 1. The van der Waals surface area contributed by atoms with Crippen molar-refractivity contribution in [3.05, 3.63) is 32.8 Å². The first-order chi connectivity index (χ1) is 8.15. The minimum Gasteiger partial charge on any atom is -0.460 e. The second kappa shape index (κ2) is 3.71. The van der Waals surface area contributed by atoms with Crippen LogP contribution in [0.5, 0.6) is 0 Å². The van der Waals surface area contributed by atoms with Gasteiger partial charge in [0.25, 0.3) is 0 Å². The van der Waals surface area contributed by atoms with Crippen LogP contribution >= 0.6 is 27.5 Å². The molecule has 0 aromatic carbocycles. The number of halogens is 2. The fourth-order valence-electron chi connectivity index (χ4n) is 1.98. The highest BCUT2D eigenvalue weighted by Crippen LogP contribution is 2.57. The summed E-state index contributed by atoms with van der Waals surface area (Å²) in [6.45, 7) is 2.10. The lowest BCUT2D eigenvalue weighted by molar-refractivity contribution is 0.0510. The molecule has 0 fully saturated rings. The van der Waals surface area contributed by atoms with Gasteiger partial charge in [-0.3, -0.25) is 4.57 Å². The third kappa shape index (κ3) is 1.49. The van der Waals surface area contributed by atoms with Crippen molar-refractivity contribution in [3.8, 4) is 0 Å². The predicted octanol–water partition coefficient (Wildman–Crippen LogP) is 2.86. The number of fused-ring (bicyclic) bond motifs is 3. The molecule has 1 aromatic heterocycles. The second-order valence-electron chi connectivity index (χ2n) is 3.77. The van der Waals surface area contributed by atoms with E-state index in [4.69, 9.17) is 16.3 Å². The maximum Gasteiger partial charge on any atom is 0.374 e. The number of ether oxygens (including phenoxy) is 1. The van der Waals surface area contributed by atoms with E-state index < -0.39 is 5.97 Å². The van der Waals surface area contributed by atoms with Crippen molar-refractivity contribution >= 4 is 39.7 Å².